The molecular formula is C29H48O5. The summed E-state index contributed by atoms with van der Waals surface area (Å²) in [6, 6.07) is 0. The fourth-order valence-corrected chi connectivity index (χ4v) is 9.42. The zero-order valence-corrected chi connectivity index (χ0v) is 22.2. The maximum atomic E-state index is 13.4. The van der Waals surface area contributed by atoms with Crippen LogP contribution in [0, 0.1) is 64.1 Å². The van der Waals surface area contributed by atoms with Crippen LogP contribution in [0.3, 0.4) is 0 Å². The quantitative estimate of drug-likeness (QED) is 0.491. The van der Waals surface area contributed by atoms with Crippen molar-refractivity contribution in [3.63, 3.8) is 0 Å². The first-order valence-electron chi connectivity index (χ1n) is 13.9. The lowest BCUT2D eigenvalue weighted by atomic mass is 9.43. The number of hydrogen-bond donors (Lipinski definition) is 3. The number of carboxylic acids is 1. The summed E-state index contributed by atoms with van der Waals surface area (Å²) in [5.41, 5.74) is 0.0173. The minimum absolute atomic E-state index is 0.0244. The third-order valence-corrected chi connectivity index (χ3v) is 12.0. The van der Waals surface area contributed by atoms with Gasteiger partial charge in [0.2, 0.25) is 0 Å². The molecule has 0 bridgehead atoms. The summed E-state index contributed by atoms with van der Waals surface area (Å²) in [5.74, 6) is 1.18. The summed E-state index contributed by atoms with van der Waals surface area (Å²) in [7, 11) is 0. The topological polar surface area (TPSA) is 94.8 Å². The molecule has 0 aromatic rings. The Hall–Kier alpha value is -0.940. The Kier molecular flexibility index (Phi) is 7.05. The molecule has 0 radical (unpaired) electrons. The molecule has 4 aliphatic rings. The van der Waals surface area contributed by atoms with E-state index in [0.29, 0.717) is 54.6 Å². The average molecular weight is 477 g/mol. The first kappa shape index (κ1) is 26.1. The van der Waals surface area contributed by atoms with Crippen LogP contribution in [0.5, 0.6) is 0 Å². The van der Waals surface area contributed by atoms with E-state index < -0.39 is 18.2 Å². The first-order valence-corrected chi connectivity index (χ1v) is 13.9. The second-order valence-electron chi connectivity index (χ2n) is 13.6. The molecule has 5 heteroatoms. The number of Topliss-reactive ketones (excluding diaryl/α,β-unsaturated/α-hetero) is 1. The van der Waals surface area contributed by atoms with Gasteiger partial charge in [-0.3, -0.25) is 9.59 Å². The summed E-state index contributed by atoms with van der Waals surface area (Å²) in [6.45, 7) is 13.0. The normalized spacial score (nSPS) is 45.6. The van der Waals surface area contributed by atoms with Crippen molar-refractivity contribution in [3.05, 3.63) is 0 Å². The van der Waals surface area contributed by atoms with E-state index in [2.05, 4.69) is 34.6 Å². The third kappa shape index (κ3) is 3.97. The molecule has 4 unspecified atom stereocenters. The highest BCUT2D eigenvalue weighted by Gasteiger charge is 2.63. The van der Waals surface area contributed by atoms with Gasteiger partial charge in [-0.1, -0.05) is 41.5 Å². The van der Waals surface area contributed by atoms with Crippen LogP contribution in [0.4, 0.5) is 0 Å². The average Bonchev–Trinajstić information content (AvgIpc) is 3.14. The second-order valence-corrected chi connectivity index (χ2v) is 13.6. The van der Waals surface area contributed by atoms with Crippen LogP contribution in [0.2, 0.25) is 0 Å². The maximum Gasteiger partial charge on any atom is 0.306 e. The summed E-state index contributed by atoms with van der Waals surface area (Å²) < 4.78 is 0. The number of carbonyl (C=O) groups excluding carboxylic acids is 1. The van der Waals surface area contributed by atoms with Crippen molar-refractivity contribution in [3.8, 4) is 0 Å². The van der Waals surface area contributed by atoms with Gasteiger partial charge in [-0.2, -0.15) is 0 Å². The molecule has 4 aliphatic carbocycles. The highest BCUT2D eigenvalue weighted by Crippen LogP contribution is 2.68. The Bertz CT molecular complexity index is 793. The van der Waals surface area contributed by atoms with E-state index >= 15 is 0 Å². The van der Waals surface area contributed by atoms with Gasteiger partial charge < -0.3 is 15.3 Å². The molecule has 0 aliphatic heterocycles. The molecule has 0 aromatic heterocycles. The van der Waals surface area contributed by atoms with Gasteiger partial charge in [0.1, 0.15) is 5.78 Å². The van der Waals surface area contributed by atoms with Crippen LogP contribution in [0.1, 0.15) is 92.9 Å². The summed E-state index contributed by atoms with van der Waals surface area (Å²) in [4.78, 5) is 25.1. The molecule has 194 valence electrons. The minimum Gasteiger partial charge on any atom is -0.481 e. The van der Waals surface area contributed by atoms with Crippen LogP contribution < -0.4 is 0 Å². The Morgan fingerprint density at radius 1 is 0.912 bits per heavy atom. The highest BCUT2D eigenvalue weighted by atomic mass is 16.4. The third-order valence-electron chi connectivity index (χ3n) is 12.0. The van der Waals surface area contributed by atoms with Gasteiger partial charge in [0.15, 0.2) is 0 Å². The van der Waals surface area contributed by atoms with Crippen molar-refractivity contribution in [2.75, 3.05) is 0 Å². The van der Waals surface area contributed by atoms with Crippen LogP contribution >= 0.6 is 0 Å². The van der Waals surface area contributed by atoms with E-state index in [4.69, 9.17) is 0 Å². The van der Waals surface area contributed by atoms with E-state index in [-0.39, 0.29) is 34.5 Å². The SMILES string of the molecule is CC(C)[C@H](C)[C@@H](O)[C@H](O)[C@@H](C)[C@H]1CCC2C3CC(=O)C4C[C@@H](C(=O)O)CC[C@]4(C)C3CC[C@@]21C. The zero-order valence-electron chi connectivity index (χ0n) is 22.2. The van der Waals surface area contributed by atoms with Gasteiger partial charge in [-0.05, 0) is 97.2 Å². The summed E-state index contributed by atoms with van der Waals surface area (Å²) in [6.07, 6.45) is 5.59. The number of fused-ring (bicyclic) bond motifs is 5. The number of hydrogen-bond acceptors (Lipinski definition) is 4. The Morgan fingerprint density at radius 3 is 2.15 bits per heavy atom. The fraction of sp³-hybridized carbons (Fsp3) is 0.931. The van der Waals surface area contributed by atoms with Crippen LogP contribution in [0.15, 0.2) is 0 Å². The lowest BCUT2D eigenvalue weighted by Crippen LogP contribution is -2.57. The van der Waals surface area contributed by atoms with Crippen molar-refractivity contribution in [1.82, 2.24) is 0 Å². The number of aliphatic hydroxyl groups excluding tert-OH is 2. The molecule has 0 amide bonds. The number of aliphatic carboxylic acids is 1. The number of aliphatic hydroxyl groups is 2. The maximum absolute atomic E-state index is 13.4. The van der Waals surface area contributed by atoms with Gasteiger partial charge in [0.25, 0.3) is 0 Å². The van der Waals surface area contributed by atoms with E-state index in [0.717, 1.165) is 32.1 Å². The van der Waals surface area contributed by atoms with Gasteiger partial charge in [0, 0.05) is 12.3 Å². The number of carboxylic acid groups (broad SMARTS) is 1. The first-order chi connectivity index (χ1) is 15.8. The number of rotatable bonds is 6. The Labute approximate surface area is 206 Å². The predicted octanol–water partition coefficient (Wildman–Crippen LogP) is 5.18. The van der Waals surface area contributed by atoms with Gasteiger partial charge in [-0.25, -0.2) is 0 Å². The largest absolute Gasteiger partial charge is 0.481 e. The van der Waals surface area contributed by atoms with Crippen molar-refractivity contribution in [2.45, 2.75) is 105 Å². The van der Waals surface area contributed by atoms with Crippen molar-refractivity contribution < 1.29 is 24.9 Å². The Balaban J connectivity index is 1.54. The van der Waals surface area contributed by atoms with E-state index in [9.17, 15) is 24.9 Å². The number of ketones is 1. The predicted molar refractivity (Wildman–Crippen MR) is 132 cm³/mol. The monoisotopic (exact) mass is 476 g/mol. The van der Waals surface area contributed by atoms with Gasteiger partial charge in [-0.15, -0.1) is 0 Å². The molecule has 34 heavy (non-hydrogen) atoms. The minimum atomic E-state index is -0.742. The van der Waals surface area contributed by atoms with E-state index in [1.165, 1.54) is 0 Å². The molecule has 3 N–H and O–H groups in total. The molecule has 0 aromatic carbocycles. The molecule has 4 rings (SSSR count). The molecular weight excluding hydrogens is 428 g/mol. The molecule has 5 nitrogen and oxygen atoms in total. The van der Waals surface area contributed by atoms with Crippen LogP contribution in [-0.2, 0) is 9.59 Å². The molecule has 4 saturated carbocycles. The highest BCUT2D eigenvalue weighted by molar-refractivity contribution is 5.84. The molecule has 4 fully saturated rings. The van der Waals surface area contributed by atoms with E-state index in [1.807, 2.05) is 6.92 Å². The summed E-state index contributed by atoms with van der Waals surface area (Å²) >= 11 is 0. The molecule has 12 atom stereocenters. The second kappa shape index (κ2) is 9.18. The zero-order chi connectivity index (χ0) is 25.2. The lowest BCUT2D eigenvalue weighted by molar-refractivity contribution is -0.163. The van der Waals surface area contributed by atoms with E-state index in [1.54, 1.807) is 0 Å². The fourth-order valence-electron chi connectivity index (χ4n) is 9.42. The van der Waals surface area contributed by atoms with Crippen LogP contribution in [-0.4, -0.2) is 39.3 Å². The van der Waals surface area contributed by atoms with Gasteiger partial charge >= 0.3 is 5.97 Å². The van der Waals surface area contributed by atoms with Gasteiger partial charge in [0.05, 0.1) is 18.1 Å². The van der Waals surface area contributed by atoms with Crippen molar-refractivity contribution in [2.24, 2.45) is 64.1 Å². The smallest absolute Gasteiger partial charge is 0.306 e. The Morgan fingerprint density at radius 2 is 1.53 bits per heavy atom. The number of carbonyl (C=O) groups is 2. The summed E-state index contributed by atoms with van der Waals surface area (Å²) in [5, 5.41) is 31.6. The standard InChI is InChI=1S/C29H48O5/c1-15(2)16(3)25(31)26(32)17(4)20-7-8-21-19-14-24(30)23-13-18(27(33)34)9-11-29(23,6)22(19)10-12-28(20,21)5/h15-23,25-26,31-32H,7-14H2,1-6H3,(H,33,34)/t16-,17-,18-,19?,20+,21?,22?,23?,25+,26+,28+,29+/m0/s1. The van der Waals surface area contributed by atoms with Crippen molar-refractivity contribution >= 4 is 11.8 Å². The molecule has 0 saturated heterocycles. The lowest BCUT2D eigenvalue weighted by Gasteiger charge is -2.60. The van der Waals surface area contributed by atoms with Crippen molar-refractivity contribution in [1.29, 1.82) is 0 Å². The molecule has 0 heterocycles. The van der Waals surface area contributed by atoms with Crippen LogP contribution in [0.25, 0.3) is 0 Å². The molecule has 0 spiro atoms.